The van der Waals surface area contributed by atoms with Gasteiger partial charge in [-0.1, -0.05) is 36.7 Å². The lowest BCUT2D eigenvalue weighted by molar-refractivity contribution is -0.121. The van der Waals surface area contributed by atoms with Crippen LogP contribution in [0.4, 0.5) is 10.1 Å². The normalized spacial score (nSPS) is 15.6. The van der Waals surface area contributed by atoms with Gasteiger partial charge in [-0.2, -0.15) is 0 Å². The fraction of sp³-hybridized carbons (Fsp3) is 0.292. The van der Waals surface area contributed by atoms with E-state index >= 15 is 0 Å². The average molecular weight is 440 g/mol. The van der Waals surface area contributed by atoms with Crippen LogP contribution >= 0.6 is 11.6 Å². The highest BCUT2D eigenvalue weighted by molar-refractivity contribution is 6.30. The maximum absolute atomic E-state index is 13.6. The molecule has 0 aliphatic carbocycles. The highest BCUT2D eigenvalue weighted by Crippen LogP contribution is 2.28. The number of anilines is 1. The lowest BCUT2D eigenvalue weighted by Crippen LogP contribution is -2.41. The van der Waals surface area contributed by atoms with Crippen LogP contribution in [-0.2, 0) is 4.79 Å². The SMILES string of the molecule is CC(C(=O)Nc1ccc(Cl)c(F)c1)C1CCN(C(=O)c2ccnc3ccccc23)CC1. The van der Waals surface area contributed by atoms with E-state index in [0.29, 0.717) is 24.3 Å². The first-order valence-electron chi connectivity index (χ1n) is 10.3. The van der Waals surface area contributed by atoms with Crippen molar-refractivity contribution in [3.63, 3.8) is 0 Å². The number of fused-ring (bicyclic) bond motifs is 1. The molecule has 160 valence electrons. The number of halogens is 2. The van der Waals surface area contributed by atoms with Gasteiger partial charge in [0.2, 0.25) is 5.91 Å². The second-order valence-corrected chi connectivity index (χ2v) is 8.32. The largest absolute Gasteiger partial charge is 0.339 e. The third-order valence-corrected chi connectivity index (χ3v) is 6.32. The van der Waals surface area contributed by atoms with E-state index < -0.39 is 5.82 Å². The van der Waals surface area contributed by atoms with E-state index in [-0.39, 0.29) is 28.7 Å². The minimum absolute atomic E-state index is 0.00852. The Morgan fingerprint density at radius 2 is 1.90 bits per heavy atom. The minimum Gasteiger partial charge on any atom is -0.339 e. The van der Waals surface area contributed by atoms with Crippen molar-refractivity contribution in [1.29, 1.82) is 0 Å². The number of benzene rings is 2. The van der Waals surface area contributed by atoms with Gasteiger partial charge in [-0.05, 0) is 49.1 Å². The number of likely N-dealkylation sites (tertiary alicyclic amines) is 1. The molecule has 1 atom stereocenters. The van der Waals surface area contributed by atoms with Gasteiger partial charge >= 0.3 is 0 Å². The van der Waals surface area contributed by atoms with Crippen LogP contribution in [0.2, 0.25) is 5.02 Å². The monoisotopic (exact) mass is 439 g/mol. The number of nitrogens with zero attached hydrogens (tertiary/aromatic N) is 2. The fourth-order valence-electron chi connectivity index (χ4n) is 4.10. The quantitative estimate of drug-likeness (QED) is 0.611. The number of hydrogen-bond donors (Lipinski definition) is 1. The predicted octanol–water partition coefficient (Wildman–Crippen LogP) is 5.15. The average Bonchev–Trinajstić information content (AvgIpc) is 2.80. The first-order chi connectivity index (χ1) is 14.9. The zero-order valence-corrected chi connectivity index (χ0v) is 17.9. The summed E-state index contributed by atoms with van der Waals surface area (Å²) in [5.74, 6) is -0.840. The molecule has 4 rings (SSSR count). The summed E-state index contributed by atoms with van der Waals surface area (Å²) in [5.41, 5.74) is 1.84. The molecule has 1 N–H and O–H groups in total. The number of aromatic nitrogens is 1. The topological polar surface area (TPSA) is 62.3 Å². The molecule has 5 nitrogen and oxygen atoms in total. The van der Waals surface area contributed by atoms with Gasteiger partial charge in [0.15, 0.2) is 0 Å². The van der Waals surface area contributed by atoms with Crippen molar-refractivity contribution in [1.82, 2.24) is 9.88 Å². The van der Waals surface area contributed by atoms with Gasteiger partial charge in [0.1, 0.15) is 5.82 Å². The number of piperidine rings is 1. The third kappa shape index (κ3) is 4.54. The maximum atomic E-state index is 13.6. The number of pyridine rings is 1. The Morgan fingerprint density at radius 3 is 2.65 bits per heavy atom. The van der Waals surface area contributed by atoms with Gasteiger partial charge in [-0.3, -0.25) is 14.6 Å². The molecule has 1 aliphatic heterocycles. The van der Waals surface area contributed by atoms with E-state index in [1.54, 1.807) is 18.3 Å². The summed E-state index contributed by atoms with van der Waals surface area (Å²) in [7, 11) is 0. The lowest BCUT2D eigenvalue weighted by atomic mass is 9.84. The van der Waals surface area contributed by atoms with Crippen LogP contribution in [-0.4, -0.2) is 34.8 Å². The highest BCUT2D eigenvalue weighted by atomic mass is 35.5. The molecule has 3 aromatic rings. The molecule has 1 saturated heterocycles. The second-order valence-electron chi connectivity index (χ2n) is 7.91. The Hall–Kier alpha value is -2.99. The molecule has 31 heavy (non-hydrogen) atoms. The number of amides is 2. The van der Waals surface area contributed by atoms with E-state index in [4.69, 9.17) is 11.6 Å². The van der Waals surface area contributed by atoms with E-state index in [0.717, 1.165) is 23.7 Å². The Kier molecular flexibility index (Phi) is 6.18. The molecular formula is C24H23ClFN3O2. The fourth-order valence-corrected chi connectivity index (χ4v) is 4.22. The first-order valence-corrected chi connectivity index (χ1v) is 10.7. The molecule has 0 spiro atoms. The summed E-state index contributed by atoms with van der Waals surface area (Å²) < 4.78 is 13.6. The lowest BCUT2D eigenvalue weighted by Gasteiger charge is -2.34. The Balaban J connectivity index is 1.38. The van der Waals surface area contributed by atoms with Crippen molar-refractivity contribution in [2.75, 3.05) is 18.4 Å². The standard InChI is InChI=1S/C24H23ClFN3O2/c1-15(23(30)28-17-6-7-20(25)21(26)14-17)16-9-12-29(13-10-16)24(31)19-8-11-27-22-5-3-2-4-18(19)22/h2-8,11,14-16H,9-10,12-13H2,1H3,(H,28,30). The van der Waals surface area contributed by atoms with Gasteiger partial charge in [0.05, 0.1) is 16.1 Å². The summed E-state index contributed by atoms with van der Waals surface area (Å²) in [6, 6.07) is 13.6. The number of carbonyl (C=O) groups excluding carboxylic acids is 2. The van der Waals surface area contributed by atoms with E-state index in [9.17, 15) is 14.0 Å². The molecule has 7 heteroatoms. The summed E-state index contributed by atoms with van der Waals surface area (Å²) in [4.78, 5) is 31.9. The molecule has 2 heterocycles. The van der Waals surface area contributed by atoms with Crippen LogP contribution in [0.25, 0.3) is 10.9 Å². The zero-order valence-electron chi connectivity index (χ0n) is 17.1. The van der Waals surface area contributed by atoms with Gasteiger partial charge < -0.3 is 10.2 Å². The molecule has 1 aliphatic rings. The van der Waals surface area contributed by atoms with Crippen LogP contribution in [0.3, 0.4) is 0 Å². The van der Waals surface area contributed by atoms with Crippen molar-refractivity contribution in [2.24, 2.45) is 11.8 Å². The van der Waals surface area contributed by atoms with Crippen LogP contribution in [0, 0.1) is 17.7 Å². The van der Waals surface area contributed by atoms with Gasteiger partial charge in [0, 0.05) is 36.3 Å². The number of nitrogens with one attached hydrogen (secondary N) is 1. The molecule has 1 aromatic heterocycles. The van der Waals surface area contributed by atoms with Crippen molar-refractivity contribution in [3.05, 3.63) is 71.1 Å². The summed E-state index contributed by atoms with van der Waals surface area (Å²) in [5, 5.41) is 3.63. The highest BCUT2D eigenvalue weighted by Gasteiger charge is 2.30. The van der Waals surface area contributed by atoms with Gasteiger partial charge in [0.25, 0.3) is 5.91 Å². The van der Waals surface area contributed by atoms with E-state index in [2.05, 4.69) is 10.3 Å². The third-order valence-electron chi connectivity index (χ3n) is 6.01. The predicted molar refractivity (Wildman–Crippen MR) is 120 cm³/mol. The molecule has 0 radical (unpaired) electrons. The number of carbonyl (C=O) groups is 2. The van der Waals surface area contributed by atoms with Crippen LogP contribution < -0.4 is 5.32 Å². The molecule has 0 bridgehead atoms. The van der Waals surface area contributed by atoms with E-state index in [1.165, 1.54) is 12.1 Å². The Bertz CT molecular complexity index is 1120. The summed E-state index contributed by atoms with van der Waals surface area (Å²) in [6.45, 7) is 3.06. The van der Waals surface area contributed by atoms with Crippen molar-refractivity contribution in [2.45, 2.75) is 19.8 Å². The number of rotatable bonds is 4. The number of para-hydroxylation sites is 1. The summed E-state index contributed by atoms with van der Waals surface area (Å²) in [6.07, 6.45) is 3.13. The molecule has 1 fully saturated rings. The van der Waals surface area contributed by atoms with Crippen molar-refractivity contribution >= 4 is 40.0 Å². The van der Waals surface area contributed by atoms with Crippen LogP contribution in [0.5, 0.6) is 0 Å². The van der Waals surface area contributed by atoms with Crippen LogP contribution in [0.15, 0.2) is 54.7 Å². The Labute approximate surface area is 185 Å². The molecule has 2 aromatic carbocycles. The Morgan fingerprint density at radius 1 is 1.16 bits per heavy atom. The first kappa shape index (κ1) is 21.2. The smallest absolute Gasteiger partial charge is 0.254 e. The molecular weight excluding hydrogens is 417 g/mol. The molecule has 1 unspecified atom stereocenters. The second kappa shape index (κ2) is 9.02. The van der Waals surface area contributed by atoms with Gasteiger partial charge in [-0.25, -0.2) is 4.39 Å². The molecule has 2 amide bonds. The van der Waals surface area contributed by atoms with Crippen LogP contribution in [0.1, 0.15) is 30.1 Å². The summed E-state index contributed by atoms with van der Waals surface area (Å²) >= 11 is 5.69. The maximum Gasteiger partial charge on any atom is 0.254 e. The van der Waals surface area contributed by atoms with Crippen molar-refractivity contribution < 1.29 is 14.0 Å². The van der Waals surface area contributed by atoms with Crippen molar-refractivity contribution in [3.8, 4) is 0 Å². The zero-order chi connectivity index (χ0) is 22.0. The minimum atomic E-state index is -0.567. The number of hydrogen-bond acceptors (Lipinski definition) is 3. The molecule has 0 saturated carbocycles. The van der Waals surface area contributed by atoms with Gasteiger partial charge in [-0.15, -0.1) is 0 Å². The van der Waals surface area contributed by atoms with E-state index in [1.807, 2.05) is 36.1 Å².